The number of aliphatic carboxylic acids is 1. The van der Waals surface area contributed by atoms with Gasteiger partial charge in [-0.25, -0.2) is 9.18 Å². The molecule has 1 heterocycles. The first kappa shape index (κ1) is 16.9. The molecule has 0 aliphatic carbocycles. The van der Waals surface area contributed by atoms with Gasteiger partial charge in [0.05, 0.1) is 0 Å². The van der Waals surface area contributed by atoms with E-state index in [0.717, 1.165) is 10.0 Å². The van der Waals surface area contributed by atoms with Gasteiger partial charge in [-0.15, -0.1) is 0 Å². The van der Waals surface area contributed by atoms with E-state index in [1.807, 2.05) is 24.3 Å². The number of carbonyl (C=O) groups is 1. The Balaban J connectivity index is 0.000000246. The molecule has 0 aromatic heterocycles. The minimum Gasteiger partial charge on any atom is -0.475 e. The summed E-state index contributed by atoms with van der Waals surface area (Å²) >= 11 is 3.35. The number of rotatable bonds is 2. The fourth-order valence-electron chi connectivity index (χ4n) is 1.49. The van der Waals surface area contributed by atoms with Crippen LogP contribution in [0.4, 0.5) is 17.6 Å². The number of benzene rings is 1. The molecule has 1 fully saturated rings. The van der Waals surface area contributed by atoms with Gasteiger partial charge in [0.1, 0.15) is 5.67 Å². The maximum Gasteiger partial charge on any atom is 0.490 e. The highest BCUT2D eigenvalue weighted by molar-refractivity contribution is 9.10. The molecular formula is C12H12BrF4NO2. The van der Waals surface area contributed by atoms with E-state index < -0.39 is 17.8 Å². The van der Waals surface area contributed by atoms with E-state index in [-0.39, 0.29) is 0 Å². The molecule has 0 saturated carbocycles. The molecule has 0 radical (unpaired) electrons. The van der Waals surface area contributed by atoms with Gasteiger partial charge in [0.15, 0.2) is 0 Å². The van der Waals surface area contributed by atoms with E-state index in [0.29, 0.717) is 19.5 Å². The number of carboxylic acids is 1. The summed E-state index contributed by atoms with van der Waals surface area (Å²) in [5.41, 5.74) is 0.0561. The average Bonchev–Trinajstić information content (AvgIpc) is 2.30. The Morgan fingerprint density at radius 2 is 1.75 bits per heavy atom. The minimum atomic E-state index is -5.08. The quantitative estimate of drug-likeness (QED) is 0.800. The van der Waals surface area contributed by atoms with Crippen LogP contribution in [-0.2, 0) is 11.2 Å². The summed E-state index contributed by atoms with van der Waals surface area (Å²) in [5, 5.41) is 10.1. The molecule has 112 valence electrons. The summed E-state index contributed by atoms with van der Waals surface area (Å²) in [6, 6.07) is 7.82. The van der Waals surface area contributed by atoms with Crippen molar-refractivity contribution >= 4 is 21.9 Å². The Kier molecular flexibility index (Phi) is 5.52. The second-order valence-corrected chi connectivity index (χ2v) is 5.28. The third-order valence-corrected chi connectivity index (χ3v) is 3.09. The molecule has 3 nitrogen and oxygen atoms in total. The lowest BCUT2D eigenvalue weighted by Crippen LogP contribution is -2.57. The third-order valence-electron chi connectivity index (χ3n) is 2.56. The van der Waals surface area contributed by atoms with Crippen molar-refractivity contribution in [3.8, 4) is 0 Å². The van der Waals surface area contributed by atoms with Gasteiger partial charge in [-0.3, -0.25) is 0 Å². The highest BCUT2D eigenvalue weighted by atomic mass is 79.9. The van der Waals surface area contributed by atoms with Crippen molar-refractivity contribution < 1.29 is 27.5 Å². The van der Waals surface area contributed by atoms with Gasteiger partial charge in [-0.05, 0) is 17.7 Å². The molecule has 2 N–H and O–H groups in total. The average molecular weight is 358 g/mol. The van der Waals surface area contributed by atoms with E-state index in [1.54, 1.807) is 0 Å². The van der Waals surface area contributed by atoms with E-state index in [1.165, 1.54) is 0 Å². The van der Waals surface area contributed by atoms with Crippen LogP contribution in [0.5, 0.6) is 0 Å². The maximum atomic E-state index is 13.6. The van der Waals surface area contributed by atoms with Gasteiger partial charge < -0.3 is 10.4 Å². The van der Waals surface area contributed by atoms with Crippen LogP contribution in [-0.4, -0.2) is 36.0 Å². The monoisotopic (exact) mass is 357 g/mol. The largest absolute Gasteiger partial charge is 0.490 e. The second kappa shape index (κ2) is 6.53. The molecule has 0 unspecified atom stereocenters. The van der Waals surface area contributed by atoms with Crippen molar-refractivity contribution in [3.05, 3.63) is 34.3 Å². The van der Waals surface area contributed by atoms with Crippen molar-refractivity contribution in [2.24, 2.45) is 0 Å². The number of alkyl halides is 4. The van der Waals surface area contributed by atoms with Crippen LogP contribution in [0.1, 0.15) is 5.56 Å². The summed E-state index contributed by atoms with van der Waals surface area (Å²) in [7, 11) is 0. The van der Waals surface area contributed by atoms with Gasteiger partial charge in [-0.2, -0.15) is 13.2 Å². The van der Waals surface area contributed by atoms with E-state index >= 15 is 0 Å². The number of hydrogen-bond acceptors (Lipinski definition) is 2. The third kappa shape index (κ3) is 5.46. The molecule has 8 heteroatoms. The Bertz CT molecular complexity index is 458. The molecule has 0 bridgehead atoms. The molecular weight excluding hydrogens is 346 g/mol. The number of carboxylic acid groups (broad SMARTS) is 1. The summed E-state index contributed by atoms with van der Waals surface area (Å²) in [6.07, 6.45) is -4.56. The normalized spacial score (nSPS) is 16.6. The summed E-state index contributed by atoms with van der Waals surface area (Å²) in [5.74, 6) is -2.76. The van der Waals surface area contributed by atoms with E-state index in [4.69, 9.17) is 9.90 Å². The molecule has 2 rings (SSSR count). The minimum absolute atomic E-state index is 0.489. The molecule has 1 saturated heterocycles. The van der Waals surface area contributed by atoms with Crippen LogP contribution in [0.25, 0.3) is 0 Å². The van der Waals surface area contributed by atoms with Crippen molar-refractivity contribution in [1.29, 1.82) is 0 Å². The predicted molar refractivity (Wildman–Crippen MR) is 68.2 cm³/mol. The lowest BCUT2D eigenvalue weighted by atomic mass is 9.91. The fraction of sp³-hybridized carbons (Fsp3) is 0.417. The van der Waals surface area contributed by atoms with Crippen molar-refractivity contribution in [2.45, 2.75) is 18.3 Å². The lowest BCUT2D eigenvalue weighted by molar-refractivity contribution is -0.192. The summed E-state index contributed by atoms with van der Waals surface area (Å²) < 4.78 is 46.4. The number of halogens is 5. The topological polar surface area (TPSA) is 49.3 Å². The van der Waals surface area contributed by atoms with Crippen LogP contribution in [0.15, 0.2) is 28.7 Å². The molecule has 20 heavy (non-hydrogen) atoms. The summed E-state index contributed by atoms with van der Waals surface area (Å²) in [4.78, 5) is 8.90. The predicted octanol–water partition coefficient (Wildman–Crippen LogP) is 2.94. The Morgan fingerprint density at radius 3 is 2.05 bits per heavy atom. The Labute approximate surface area is 121 Å². The van der Waals surface area contributed by atoms with Crippen molar-refractivity contribution in [1.82, 2.24) is 5.32 Å². The highest BCUT2D eigenvalue weighted by Gasteiger charge is 2.38. The number of hydrogen-bond donors (Lipinski definition) is 2. The zero-order valence-corrected chi connectivity index (χ0v) is 11.8. The first-order valence-electron chi connectivity index (χ1n) is 5.57. The van der Waals surface area contributed by atoms with Gasteiger partial charge >= 0.3 is 12.1 Å². The Hall–Kier alpha value is -1.15. The highest BCUT2D eigenvalue weighted by Crippen LogP contribution is 2.23. The lowest BCUT2D eigenvalue weighted by Gasteiger charge is -2.35. The molecule has 1 aromatic carbocycles. The Morgan fingerprint density at radius 1 is 1.30 bits per heavy atom. The molecule has 1 aromatic rings. The van der Waals surface area contributed by atoms with Gasteiger partial charge in [0, 0.05) is 24.0 Å². The summed E-state index contributed by atoms with van der Waals surface area (Å²) in [6.45, 7) is 0.978. The van der Waals surface area contributed by atoms with E-state index in [9.17, 15) is 17.6 Å². The molecule has 0 amide bonds. The van der Waals surface area contributed by atoms with Crippen LogP contribution in [0, 0.1) is 0 Å². The first-order chi connectivity index (χ1) is 9.12. The molecule has 1 aliphatic rings. The number of nitrogens with one attached hydrogen (secondary N) is 1. The van der Waals surface area contributed by atoms with Gasteiger partial charge in [0.25, 0.3) is 0 Å². The maximum absolute atomic E-state index is 13.6. The zero-order valence-electron chi connectivity index (χ0n) is 10.2. The standard InChI is InChI=1S/C10H11BrFN.C2HF3O2/c11-9-3-1-8(2-4-9)5-10(12)6-13-7-10;3-2(4,5)1(6)7/h1-4,13H,5-7H2;(H,6,7). The van der Waals surface area contributed by atoms with Crippen molar-refractivity contribution in [2.75, 3.05) is 13.1 Å². The van der Waals surface area contributed by atoms with Crippen LogP contribution >= 0.6 is 15.9 Å². The van der Waals surface area contributed by atoms with Crippen LogP contribution in [0.2, 0.25) is 0 Å². The van der Waals surface area contributed by atoms with Crippen LogP contribution in [0.3, 0.4) is 0 Å². The fourth-order valence-corrected chi connectivity index (χ4v) is 1.75. The molecule has 0 spiro atoms. The first-order valence-corrected chi connectivity index (χ1v) is 6.36. The van der Waals surface area contributed by atoms with Gasteiger partial charge in [-0.1, -0.05) is 28.1 Å². The molecule has 1 aliphatic heterocycles. The van der Waals surface area contributed by atoms with Crippen LogP contribution < -0.4 is 5.32 Å². The van der Waals surface area contributed by atoms with E-state index in [2.05, 4.69) is 21.2 Å². The smallest absolute Gasteiger partial charge is 0.475 e. The second-order valence-electron chi connectivity index (χ2n) is 4.36. The molecule has 0 atom stereocenters. The SMILES string of the molecule is FC1(Cc2ccc(Br)cc2)CNC1.O=C(O)C(F)(F)F. The van der Waals surface area contributed by atoms with Gasteiger partial charge in [0.2, 0.25) is 0 Å². The van der Waals surface area contributed by atoms with Crippen molar-refractivity contribution in [3.63, 3.8) is 0 Å². The zero-order chi connectivity index (χ0) is 15.4.